The van der Waals surface area contributed by atoms with Crippen molar-refractivity contribution in [3.05, 3.63) is 71.3 Å². The Balaban J connectivity index is 0.00000242. The lowest BCUT2D eigenvalue weighted by molar-refractivity contribution is 0.477. The third-order valence-corrected chi connectivity index (χ3v) is 3.65. The fourth-order valence-corrected chi connectivity index (χ4v) is 2.64. The number of benzene rings is 2. The van der Waals surface area contributed by atoms with Crippen LogP contribution in [-0.2, 0) is 12.8 Å². The smallest absolute Gasteiger partial charge is 0.0669 e. The Morgan fingerprint density at radius 2 is 1.68 bits per heavy atom. The first-order valence-electron chi connectivity index (χ1n) is 7.45. The van der Waals surface area contributed by atoms with Gasteiger partial charge in [0.15, 0.2) is 0 Å². The zero-order valence-electron chi connectivity index (χ0n) is 13.1. The average Bonchev–Trinajstić information content (AvgIpc) is 2.48. The molecule has 0 spiro atoms. The van der Waals surface area contributed by atoms with Crippen molar-refractivity contribution in [3.8, 4) is 6.07 Å². The summed E-state index contributed by atoms with van der Waals surface area (Å²) < 4.78 is 0. The molecule has 0 unspecified atom stereocenters. The second-order valence-electron chi connectivity index (χ2n) is 5.56. The molecular formula is C19H23ClN2. The number of rotatable bonds is 6. The summed E-state index contributed by atoms with van der Waals surface area (Å²) in [5, 5.41) is 12.4. The number of halogens is 1. The molecule has 0 amide bonds. The average molecular weight is 315 g/mol. The molecule has 0 aliphatic rings. The Morgan fingerprint density at radius 1 is 1.00 bits per heavy atom. The highest BCUT2D eigenvalue weighted by Crippen LogP contribution is 2.14. The van der Waals surface area contributed by atoms with E-state index in [1.54, 1.807) is 0 Å². The molecule has 0 aliphatic heterocycles. The quantitative estimate of drug-likeness (QED) is 0.854. The van der Waals surface area contributed by atoms with Gasteiger partial charge in [0.2, 0.25) is 0 Å². The number of hydrogen-bond donors (Lipinski definition) is 1. The summed E-state index contributed by atoms with van der Waals surface area (Å²) in [6.07, 6.45) is 1.45. The van der Waals surface area contributed by atoms with Crippen LogP contribution in [0.5, 0.6) is 0 Å². The molecule has 116 valence electrons. The van der Waals surface area contributed by atoms with Crippen LogP contribution in [0.4, 0.5) is 0 Å². The van der Waals surface area contributed by atoms with Crippen molar-refractivity contribution in [3.63, 3.8) is 0 Å². The van der Waals surface area contributed by atoms with Gasteiger partial charge in [-0.2, -0.15) is 5.26 Å². The van der Waals surface area contributed by atoms with E-state index in [4.69, 9.17) is 5.26 Å². The molecule has 2 atom stereocenters. The minimum atomic E-state index is 0. The predicted octanol–water partition coefficient (Wildman–Crippen LogP) is 4.46. The number of nitriles is 1. The van der Waals surface area contributed by atoms with Gasteiger partial charge in [0.25, 0.3) is 0 Å². The fourth-order valence-electron chi connectivity index (χ4n) is 2.64. The minimum Gasteiger partial charge on any atom is -0.307 e. The predicted molar refractivity (Wildman–Crippen MR) is 94.2 cm³/mol. The van der Waals surface area contributed by atoms with Crippen molar-refractivity contribution in [1.29, 1.82) is 5.26 Å². The number of nitrogens with zero attached hydrogens (tertiary/aromatic N) is 1. The second kappa shape index (κ2) is 9.25. The van der Waals surface area contributed by atoms with Gasteiger partial charge in [-0.15, -0.1) is 12.4 Å². The van der Waals surface area contributed by atoms with E-state index in [0.29, 0.717) is 18.5 Å². The third-order valence-electron chi connectivity index (χ3n) is 3.65. The lowest BCUT2D eigenvalue weighted by atomic mass is 10.0. The van der Waals surface area contributed by atoms with Crippen LogP contribution in [0.25, 0.3) is 0 Å². The summed E-state index contributed by atoms with van der Waals surface area (Å²) >= 11 is 0. The van der Waals surface area contributed by atoms with Crippen LogP contribution in [0.3, 0.4) is 0 Å². The largest absolute Gasteiger partial charge is 0.307 e. The van der Waals surface area contributed by atoms with Crippen molar-refractivity contribution >= 4 is 12.4 Å². The van der Waals surface area contributed by atoms with Crippen LogP contribution >= 0.6 is 12.4 Å². The summed E-state index contributed by atoms with van der Waals surface area (Å²) in [6.45, 7) is 4.40. The van der Waals surface area contributed by atoms with Crippen LogP contribution in [0.2, 0.25) is 0 Å². The summed E-state index contributed by atoms with van der Waals surface area (Å²) in [5.74, 6) is 0. The van der Waals surface area contributed by atoms with E-state index in [9.17, 15) is 0 Å². The topological polar surface area (TPSA) is 35.8 Å². The molecule has 0 fully saturated rings. The first-order chi connectivity index (χ1) is 10.2. The van der Waals surface area contributed by atoms with Gasteiger partial charge in [0, 0.05) is 12.1 Å². The SMILES string of the molecule is C[C@H](Cc1cccc(CC#N)c1)N[C@H](C)c1ccccc1.Cl. The second-order valence-corrected chi connectivity index (χ2v) is 5.56. The van der Waals surface area contributed by atoms with Gasteiger partial charge in [0.1, 0.15) is 0 Å². The van der Waals surface area contributed by atoms with Crippen molar-refractivity contribution in [2.75, 3.05) is 0 Å². The standard InChI is InChI=1S/C19H22N2.ClH/c1-15(21-16(2)19-9-4-3-5-10-19)13-18-8-6-7-17(14-18)11-12-20;/h3-10,14-16,21H,11,13H2,1-2H3;1H/t15-,16-;/m1./s1. The van der Waals surface area contributed by atoms with Crippen molar-refractivity contribution in [2.45, 2.75) is 38.8 Å². The molecule has 22 heavy (non-hydrogen) atoms. The monoisotopic (exact) mass is 314 g/mol. The molecule has 0 saturated heterocycles. The Labute approximate surface area is 139 Å². The van der Waals surface area contributed by atoms with Gasteiger partial charge in [-0.1, -0.05) is 54.6 Å². The van der Waals surface area contributed by atoms with Crippen molar-refractivity contribution in [2.24, 2.45) is 0 Å². The van der Waals surface area contributed by atoms with Gasteiger partial charge < -0.3 is 5.32 Å². The molecule has 0 radical (unpaired) electrons. The summed E-state index contributed by atoms with van der Waals surface area (Å²) in [6, 6.07) is 21.7. The maximum atomic E-state index is 8.78. The van der Waals surface area contributed by atoms with Gasteiger partial charge in [-0.05, 0) is 37.0 Å². The number of nitrogens with one attached hydrogen (secondary N) is 1. The molecule has 2 aromatic carbocycles. The van der Waals surface area contributed by atoms with E-state index in [-0.39, 0.29) is 12.4 Å². The van der Waals surface area contributed by atoms with E-state index in [1.807, 2.05) is 18.2 Å². The third kappa shape index (κ3) is 5.52. The molecule has 2 nitrogen and oxygen atoms in total. The lowest BCUT2D eigenvalue weighted by Gasteiger charge is -2.20. The van der Waals surface area contributed by atoms with E-state index < -0.39 is 0 Å². The zero-order valence-corrected chi connectivity index (χ0v) is 13.9. The molecule has 1 N–H and O–H groups in total. The molecule has 3 heteroatoms. The molecule has 0 aromatic heterocycles. The Kier molecular flexibility index (Phi) is 7.66. The van der Waals surface area contributed by atoms with Gasteiger partial charge in [-0.3, -0.25) is 0 Å². The van der Waals surface area contributed by atoms with Crippen LogP contribution in [-0.4, -0.2) is 6.04 Å². The first kappa shape index (κ1) is 18.2. The first-order valence-corrected chi connectivity index (χ1v) is 7.45. The highest BCUT2D eigenvalue weighted by molar-refractivity contribution is 5.85. The molecule has 2 rings (SSSR count). The maximum Gasteiger partial charge on any atom is 0.0669 e. The number of hydrogen-bond acceptors (Lipinski definition) is 2. The van der Waals surface area contributed by atoms with Crippen LogP contribution in [0.15, 0.2) is 54.6 Å². The van der Waals surface area contributed by atoms with Gasteiger partial charge in [0.05, 0.1) is 12.5 Å². The summed E-state index contributed by atoms with van der Waals surface area (Å²) in [4.78, 5) is 0. The maximum absolute atomic E-state index is 8.78. The van der Waals surface area contributed by atoms with E-state index in [1.165, 1.54) is 11.1 Å². The summed E-state index contributed by atoms with van der Waals surface area (Å²) in [7, 11) is 0. The fraction of sp³-hybridized carbons (Fsp3) is 0.316. The Morgan fingerprint density at radius 3 is 2.36 bits per heavy atom. The lowest BCUT2D eigenvalue weighted by Crippen LogP contribution is -2.30. The van der Waals surface area contributed by atoms with E-state index >= 15 is 0 Å². The highest BCUT2D eigenvalue weighted by atomic mass is 35.5. The molecule has 2 aromatic rings. The normalized spacial score (nSPS) is 12.8. The molecule has 0 saturated carbocycles. The van der Waals surface area contributed by atoms with Crippen LogP contribution < -0.4 is 5.32 Å². The van der Waals surface area contributed by atoms with Gasteiger partial charge in [-0.25, -0.2) is 0 Å². The molecular weight excluding hydrogens is 292 g/mol. The Hall–Kier alpha value is -1.82. The minimum absolute atomic E-state index is 0. The molecule has 0 heterocycles. The van der Waals surface area contributed by atoms with Gasteiger partial charge >= 0.3 is 0 Å². The van der Waals surface area contributed by atoms with E-state index in [2.05, 4.69) is 61.6 Å². The Bertz CT molecular complexity index is 604. The van der Waals surface area contributed by atoms with E-state index in [0.717, 1.165) is 12.0 Å². The highest BCUT2D eigenvalue weighted by Gasteiger charge is 2.10. The zero-order chi connectivity index (χ0) is 15.1. The molecule has 0 bridgehead atoms. The van der Waals surface area contributed by atoms with Crippen molar-refractivity contribution < 1.29 is 0 Å². The summed E-state index contributed by atoms with van der Waals surface area (Å²) in [5.41, 5.74) is 3.68. The van der Waals surface area contributed by atoms with Crippen LogP contribution in [0, 0.1) is 11.3 Å². The molecule has 0 aliphatic carbocycles. The van der Waals surface area contributed by atoms with Crippen LogP contribution in [0.1, 0.15) is 36.6 Å². The van der Waals surface area contributed by atoms with Crippen molar-refractivity contribution in [1.82, 2.24) is 5.32 Å².